The van der Waals surface area contributed by atoms with Gasteiger partial charge in [-0.15, -0.1) is 0 Å². The van der Waals surface area contributed by atoms with Crippen LogP contribution >= 0.6 is 0 Å². The van der Waals surface area contributed by atoms with Gasteiger partial charge in [0.1, 0.15) is 0 Å². The quantitative estimate of drug-likeness (QED) is 0.649. The molecule has 0 radical (unpaired) electrons. The highest BCUT2D eigenvalue weighted by molar-refractivity contribution is 5.98. The number of aliphatic hydroxyl groups is 1. The van der Waals surface area contributed by atoms with Crippen molar-refractivity contribution in [1.82, 2.24) is 5.32 Å². The molecule has 1 amide bonds. The molecule has 0 saturated heterocycles. The summed E-state index contributed by atoms with van der Waals surface area (Å²) in [5, 5.41) is 23.6. The van der Waals surface area contributed by atoms with E-state index in [1.807, 2.05) is 0 Å². The van der Waals surface area contributed by atoms with Crippen molar-refractivity contribution < 1.29 is 19.6 Å². The van der Waals surface area contributed by atoms with Gasteiger partial charge in [0, 0.05) is 6.07 Å². The summed E-state index contributed by atoms with van der Waals surface area (Å²) in [4.78, 5) is 22.6. The molecule has 1 saturated carbocycles. The molecule has 0 heterocycles. The zero-order valence-corrected chi connectivity index (χ0v) is 11.7. The van der Waals surface area contributed by atoms with Gasteiger partial charge in [0.2, 0.25) is 5.75 Å². The fourth-order valence-corrected chi connectivity index (χ4v) is 2.59. The van der Waals surface area contributed by atoms with Crippen molar-refractivity contribution in [2.75, 3.05) is 7.11 Å². The van der Waals surface area contributed by atoms with Gasteiger partial charge in [-0.2, -0.15) is 0 Å². The average Bonchev–Trinajstić information content (AvgIpc) is 2.48. The Kier molecular flexibility index (Phi) is 4.74. The van der Waals surface area contributed by atoms with Crippen molar-refractivity contribution >= 4 is 11.6 Å². The summed E-state index contributed by atoms with van der Waals surface area (Å²) in [6.07, 6.45) is 2.65. The van der Waals surface area contributed by atoms with Crippen molar-refractivity contribution in [1.29, 1.82) is 0 Å². The maximum Gasteiger partial charge on any atom is 0.311 e. The number of ether oxygens (including phenoxy) is 1. The number of nitro groups is 1. The number of carbonyl (C=O) groups is 1. The number of hydrogen-bond acceptors (Lipinski definition) is 5. The van der Waals surface area contributed by atoms with Gasteiger partial charge in [-0.25, -0.2) is 0 Å². The van der Waals surface area contributed by atoms with E-state index in [1.165, 1.54) is 25.3 Å². The largest absolute Gasteiger partial charge is 0.490 e. The first-order valence-corrected chi connectivity index (χ1v) is 6.85. The van der Waals surface area contributed by atoms with Gasteiger partial charge in [0.15, 0.2) is 0 Å². The third kappa shape index (κ3) is 3.30. The Balaban J connectivity index is 2.22. The predicted octanol–water partition coefficient (Wildman–Crippen LogP) is 1.64. The van der Waals surface area contributed by atoms with E-state index in [4.69, 9.17) is 4.74 Å². The van der Waals surface area contributed by atoms with E-state index < -0.39 is 16.9 Å². The summed E-state index contributed by atoms with van der Waals surface area (Å²) in [5.41, 5.74) is -0.154. The molecule has 0 spiro atoms. The first-order valence-electron chi connectivity index (χ1n) is 6.85. The van der Waals surface area contributed by atoms with Crippen LogP contribution in [0.3, 0.4) is 0 Å². The normalized spacial score (nSPS) is 21.6. The van der Waals surface area contributed by atoms with E-state index in [-0.39, 0.29) is 23.0 Å². The summed E-state index contributed by atoms with van der Waals surface area (Å²) in [6, 6.07) is 3.86. The number of methoxy groups -OCH3 is 1. The van der Waals surface area contributed by atoms with Gasteiger partial charge in [-0.1, -0.05) is 18.9 Å². The molecule has 0 unspecified atom stereocenters. The first kappa shape index (κ1) is 15.2. The third-order valence-corrected chi connectivity index (χ3v) is 3.69. The molecule has 2 N–H and O–H groups in total. The van der Waals surface area contributed by atoms with Crippen LogP contribution in [0.2, 0.25) is 0 Å². The number of benzene rings is 1. The van der Waals surface area contributed by atoms with E-state index in [2.05, 4.69) is 5.32 Å². The van der Waals surface area contributed by atoms with Gasteiger partial charge in [-0.3, -0.25) is 14.9 Å². The maximum absolute atomic E-state index is 12.3. The molecule has 2 rings (SSSR count). The molecule has 1 aromatic carbocycles. The molecule has 21 heavy (non-hydrogen) atoms. The summed E-state index contributed by atoms with van der Waals surface area (Å²) < 4.78 is 5.01. The SMILES string of the molecule is COc1c(C(=O)N[C@H]2CCCC[C@@H]2O)cccc1[N+](=O)[O-]. The fraction of sp³-hybridized carbons (Fsp3) is 0.500. The molecule has 1 fully saturated rings. The molecule has 0 aliphatic heterocycles. The molecule has 1 aliphatic carbocycles. The first-order chi connectivity index (χ1) is 10.0. The molecule has 0 aromatic heterocycles. The number of carbonyl (C=O) groups excluding carboxylic acids is 1. The van der Waals surface area contributed by atoms with Crippen LogP contribution in [0.1, 0.15) is 36.0 Å². The molecule has 7 heteroatoms. The number of para-hydroxylation sites is 1. The second-order valence-corrected chi connectivity index (χ2v) is 5.05. The highest BCUT2D eigenvalue weighted by Crippen LogP contribution is 2.30. The number of aliphatic hydroxyl groups excluding tert-OH is 1. The zero-order chi connectivity index (χ0) is 15.4. The standard InChI is InChI=1S/C14H18N2O5/c1-21-13-9(5-4-7-11(13)16(19)20)14(18)15-10-6-2-3-8-12(10)17/h4-5,7,10,12,17H,2-3,6,8H2,1H3,(H,15,18)/t10-,12-/m0/s1. The number of nitrogens with zero attached hydrogens (tertiary/aromatic N) is 1. The number of hydrogen-bond donors (Lipinski definition) is 2. The van der Waals surface area contributed by atoms with Crippen molar-refractivity contribution in [2.24, 2.45) is 0 Å². The van der Waals surface area contributed by atoms with Gasteiger partial charge in [0.25, 0.3) is 5.91 Å². The topological polar surface area (TPSA) is 102 Å². The molecular formula is C14H18N2O5. The van der Waals surface area contributed by atoms with Gasteiger partial charge in [-0.05, 0) is 18.9 Å². The zero-order valence-electron chi connectivity index (χ0n) is 11.7. The minimum absolute atomic E-state index is 0.0645. The second kappa shape index (κ2) is 6.53. The minimum Gasteiger partial charge on any atom is -0.490 e. The van der Waals surface area contributed by atoms with Crippen LogP contribution in [0.5, 0.6) is 5.75 Å². The smallest absolute Gasteiger partial charge is 0.311 e. The Morgan fingerprint density at radius 1 is 1.43 bits per heavy atom. The monoisotopic (exact) mass is 294 g/mol. The average molecular weight is 294 g/mol. The Labute approximate surface area is 122 Å². The third-order valence-electron chi connectivity index (χ3n) is 3.69. The van der Waals surface area contributed by atoms with Crippen LogP contribution in [-0.2, 0) is 0 Å². The maximum atomic E-state index is 12.3. The number of nitro benzene ring substituents is 1. The van der Waals surface area contributed by atoms with Crippen LogP contribution in [0.4, 0.5) is 5.69 Å². The number of amides is 1. The minimum atomic E-state index is -0.592. The van der Waals surface area contributed by atoms with Crippen LogP contribution < -0.4 is 10.1 Å². The van der Waals surface area contributed by atoms with Crippen molar-refractivity contribution in [2.45, 2.75) is 37.8 Å². The lowest BCUT2D eigenvalue weighted by Gasteiger charge is -2.28. The van der Waals surface area contributed by atoms with Crippen LogP contribution in [-0.4, -0.2) is 35.2 Å². The summed E-state index contributed by atoms with van der Waals surface area (Å²) in [6.45, 7) is 0. The highest BCUT2D eigenvalue weighted by atomic mass is 16.6. The molecule has 0 bridgehead atoms. The fourth-order valence-electron chi connectivity index (χ4n) is 2.59. The number of nitrogens with one attached hydrogen (secondary N) is 1. The van der Waals surface area contributed by atoms with Gasteiger partial charge < -0.3 is 15.2 Å². The Morgan fingerprint density at radius 3 is 2.76 bits per heavy atom. The lowest BCUT2D eigenvalue weighted by molar-refractivity contribution is -0.385. The summed E-state index contributed by atoms with van der Waals surface area (Å²) >= 11 is 0. The van der Waals surface area contributed by atoms with Gasteiger partial charge in [0.05, 0.1) is 29.7 Å². The van der Waals surface area contributed by atoms with E-state index in [0.717, 1.165) is 12.8 Å². The van der Waals surface area contributed by atoms with E-state index >= 15 is 0 Å². The lowest BCUT2D eigenvalue weighted by Crippen LogP contribution is -2.45. The molecule has 7 nitrogen and oxygen atoms in total. The number of rotatable bonds is 4. The molecule has 114 valence electrons. The lowest BCUT2D eigenvalue weighted by atomic mass is 9.92. The predicted molar refractivity (Wildman–Crippen MR) is 75.4 cm³/mol. The van der Waals surface area contributed by atoms with E-state index in [0.29, 0.717) is 12.8 Å². The molecule has 1 aromatic rings. The highest BCUT2D eigenvalue weighted by Gasteiger charge is 2.28. The Morgan fingerprint density at radius 2 is 2.14 bits per heavy atom. The van der Waals surface area contributed by atoms with Gasteiger partial charge >= 0.3 is 5.69 Å². The van der Waals surface area contributed by atoms with Crippen molar-refractivity contribution in [3.05, 3.63) is 33.9 Å². The van der Waals surface area contributed by atoms with Crippen LogP contribution in [0, 0.1) is 10.1 Å². The van der Waals surface area contributed by atoms with E-state index in [1.54, 1.807) is 0 Å². The summed E-state index contributed by atoms with van der Waals surface area (Å²) in [7, 11) is 1.29. The van der Waals surface area contributed by atoms with Crippen LogP contribution in [0.15, 0.2) is 18.2 Å². The molecule has 1 aliphatic rings. The Bertz CT molecular complexity index is 546. The molecular weight excluding hydrogens is 276 g/mol. The van der Waals surface area contributed by atoms with Crippen LogP contribution in [0.25, 0.3) is 0 Å². The molecule has 2 atom stereocenters. The summed E-state index contributed by atoms with van der Waals surface area (Å²) in [5.74, 6) is -0.535. The van der Waals surface area contributed by atoms with Crippen molar-refractivity contribution in [3.8, 4) is 5.75 Å². The van der Waals surface area contributed by atoms with Crippen molar-refractivity contribution in [3.63, 3.8) is 0 Å². The Hall–Kier alpha value is -2.15. The van der Waals surface area contributed by atoms with E-state index in [9.17, 15) is 20.0 Å². The second-order valence-electron chi connectivity index (χ2n) is 5.05.